The van der Waals surface area contributed by atoms with E-state index in [2.05, 4.69) is 0 Å². The molecule has 0 spiro atoms. The molecular weight excluding hydrogens is 190 g/mol. The first-order valence-corrected chi connectivity index (χ1v) is 4.68. The van der Waals surface area contributed by atoms with Gasteiger partial charge in [-0.25, -0.2) is 0 Å². The molecule has 62 valence electrons. The number of thiophene rings is 1. The Labute approximate surface area is 80.9 Å². The molecule has 0 aliphatic rings. The molecule has 0 aliphatic heterocycles. The number of hydrogen-bond acceptors (Lipinski definition) is 2. The number of nitriles is 1. The van der Waals surface area contributed by atoms with E-state index in [1.54, 1.807) is 18.3 Å². The third-order valence-corrected chi connectivity index (χ3v) is 3.07. The van der Waals surface area contributed by atoms with Crippen LogP contribution in [0.25, 0.3) is 5.03 Å². The summed E-state index contributed by atoms with van der Waals surface area (Å²) in [5, 5.41) is 9.15. The van der Waals surface area contributed by atoms with Crippen molar-refractivity contribution in [1.82, 2.24) is 0 Å². The lowest BCUT2D eigenvalue weighted by molar-refractivity contribution is 1.46. The zero-order chi connectivity index (χ0) is 9.14. The summed E-state index contributed by atoms with van der Waals surface area (Å²) >= 11 is 7.54. The van der Waals surface area contributed by atoms with Gasteiger partial charge in [0.05, 0.1) is 11.1 Å². The van der Waals surface area contributed by atoms with Crippen molar-refractivity contribution < 1.29 is 0 Å². The van der Waals surface area contributed by atoms with Gasteiger partial charge in [0.2, 0.25) is 0 Å². The van der Waals surface area contributed by atoms with Crippen molar-refractivity contribution in [2.24, 2.45) is 0 Å². The van der Waals surface area contributed by atoms with E-state index in [1.165, 1.54) is 4.88 Å². The standard InChI is InChI=1S/C9H8ClNS/c1-6(5-11)9(10)8-4-3-7(2)12-8/h3-4H,1-2H3/b9-6-. The lowest BCUT2D eigenvalue weighted by Gasteiger charge is -1.93. The Kier molecular flexibility index (Phi) is 2.91. The summed E-state index contributed by atoms with van der Waals surface area (Å²) in [5.74, 6) is 0. The third kappa shape index (κ3) is 1.88. The van der Waals surface area contributed by atoms with E-state index in [0.29, 0.717) is 10.6 Å². The minimum absolute atomic E-state index is 0.565. The quantitative estimate of drug-likeness (QED) is 0.632. The van der Waals surface area contributed by atoms with E-state index in [1.807, 2.05) is 25.1 Å². The van der Waals surface area contributed by atoms with Crippen LogP contribution in [-0.4, -0.2) is 0 Å². The number of allylic oxidation sites excluding steroid dienone is 1. The first kappa shape index (κ1) is 9.31. The highest BCUT2D eigenvalue weighted by atomic mass is 35.5. The maximum Gasteiger partial charge on any atom is 0.0960 e. The maximum absolute atomic E-state index is 8.59. The lowest BCUT2D eigenvalue weighted by Crippen LogP contribution is -1.73. The molecule has 12 heavy (non-hydrogen) atoms. The lowest BCUT2D eigenvalue weighted by atomic mass is 10.3. The van der Waals surface area contributed by atoms with Gasteiger partial charge in [-0.2, -0.15) is 5.26 Å². The molecule has 1 aromatic heterocycles. The van der Waals surface area contributed by atoms with Gasteiger partial charge in [0.25, 0.3) is 0 Å². The predicted molar refractivity (Wildman–Crippen MR) is 53.1 cm³/mol. The average molecular weight is 198 g/mol. The summed E-state index contributed by atoms with van der Waals surface area (Å²) < 4.78 is 0. The Balaban J connectivity index is 3.09. The molecule has 0 bridgehead atoms. The smallest absolute Gasteiger partial charge is 0.0960 e. The van der Waals surface area contributed by atoms with E-state index in [0.717, 1.165) is 4.88 Å². The molecule has 0 unspecified atom stereocenters. The third-order valence-electron chi connectivity index (χ3n) is 1.45. The molecule has 1 nitrogen and oxygen atoms in total. The Hall–Kier alpha value is -0.780. The second-order valence-electron chi connectivity index (χ2n) is 2.46. The molecule has 0 aliphatic carbocycles. The number of halogens is 1. The fourth-order valence-corrected chi connectivity index (χ4v) is 1.87. The molecule has 0 saturated carbocycles. The largest absolute Gasteiger partial charge is 0.193 e. The summed E-state index contributed by atoms with van der Waals surface area (Å²) in [6.07, 6.45) is 0. The average Bonchev–Trinajstić information content (AvgIpc) is 2.49. The molecular formula is C9H8ClNS. The van der Waals surface area contributed by atoms with Gasteiger partial charge in [-0.05, 0) is 26.0 Å². The zero-order valence-corrected chi connectivity index (χ0v) is 8.46. The fraction of sp³-hybridized carbons (Fsp3) is 0.222. The second-order valence-corrected chi connectivity index (χ2v) is 4.13. The van der Waals surface area contributed by atoms with Gasteiger partial charge < -0.3 is 0 Å². The summed E-state index contributed by atoms with van der Waals surface area (Å²) in [6.45, 7) is 3.73. The molecule has 0 saturated heterocycles. The van der Waals surface area contributed by atoms with Gasteiger partial charge in [-0.3, -0.25) is 0 Å². The molecule has 0 aromatic carbocycles. The molecule has 0 fully saturated rings. The Morgan fingerprint density at radius 2 is 2.25 bits per heavy atom. The van der Waals surface area contributed by atoms with E-state index in [-0.39, 0.29) is 0 Å². The van der Waals surface area contributed by atoms with E-state index in [9.17, 15) is 0 Å². The molecule has 0 N–H and O–H groups in total. The number of rotatable bonds is 1. The Bertz CT molecular complexity index is 357. The van der Waals surface area contributed by atoms with Gasteiger partial charge in [0, 0.05) is 15.3 Å². The van der Waals surface area contributed by atoms with Crippen molar-refractivity contribution in [3.8, 4) is 6.07 Å². The molecule has 1 heterocycles. The van der Waals surface area contributed by atoms with Crippen LogP contribution >= 0.6 is 22.9 Å². The summed E-state index contributed by atoms with van der Waals surface area (Å²) in [7, 11) is 0. The van der Waals surface area contributed by atoms with Crippen molar-refractivity contribution in [2.75, 3.05) is 0 Å². The number of hydrogen-bond donors (Lipinski definition) is 0. The van der Waals surface area contributed by atoms with Gasteiger partial charge in [0.15, 0.2) is 0 Å². The van der Waals surface area contributed by atoms with Crippen molar-refractivity contribution in [3.63, 3.8) is 0 Å². The van der Waals surface area contributed by atoms with Crippen LogP contribution in [0.2, 0.25) is 0 Å². The predicted octanol–water partition coefficient (Wildman–Crippen LogP) is 3.55. The summed E-state index contributed by atoms with van der Waals surface area (Å²) in [6, 6.07) is 5.95. The van der Waals surface area contributed by atoms with Gasteiger partial charge in [0.1, 0.15) is 0 Å². The monoisotopic (exact) mass is 197 g/mol. The minimum Gasteiger partial charge on any atom is -0.193 e. The maximum atomic E-state index is 8.59. The molecule has 0 atom stereocenters. The first-order valence-electron chi connectivity index (χ1n) is 3.48. The van der Waals surface area contributed by atoms with Crippen molar-refractivity contribution in [2.45, 2.75) is 13.8 Å². The van der Waals surface area contributed by atoms with Crippen LogP contribution in [0.5, 0.6) is 0 Å². The van der Waals surface area contributed by atoms with Crippen LogP contribution in [0.1, 0.15) is 16.7 Å². The van der Waals surface area contributed by atoms with Crippen molar-refractivity contribution >= 4 is 28.0 Å². The van der Waals surface area contributed by atoms with Crippen molar-refractivity contribution in [3.05, 3.63) is 27.5 Å². The summed E-state index contributed by atoms with van der Waals surface area (Å²) in [5.41, 5.74) is 0.568. The molecule has 3 heteroatoms. The van der Waals surface area contributed by atoms with E-state index < -0.39 is 0 Å². The van der Waals surface area contributed by atoms with Gasteiger partial charge in [-0.15, -0.1) is 11.3 Å². The first-order chi connectivity index (χ1) is 5.65. The topological polar surface area (TPSA) is 23.8 Å². The Morgan fingerprint density at radius 1 is 1.58 bits per heavy atom. The highest BCUT2D eigenvalue weighted by molar-refractivity contribution is 7.13. The minimum atomic E-state index is 0.565. The van der Waals surface area contributed by atoms with Crippen molar-refractivity contribution in [1.29, 1.82) is 5.26 Å². The van der Waals surface area contributed by atoms with Crippen LogP contribution in [0.3, 0.4) is 0 Å². The number of aryl methyl sites for hydroxylation is 1. The van der Waals surface area contributed by atoms with E-state index >= 15 is 0 Å². The fourth-order valence-electron chi connectivity index (χ4n) is 0.786. The highest BCUT2D eigenvalue weighted by Gasteiger charge is 2.04. The van der Waals surface area contributed by atoms with Crippen LogP contribution in [0.4, 0.5) is 0 Å². The van der Waals surface area contributed by atoms with Crippen LogP contribution in [0, 0.1) is 18.3 Å². The molecule has 1 rings (SSSR count). The van der Waals surface area contributed by atoms with E-state index in [4.69, 9.17) is 16.9 Å². The van der Waals surface area contributed by atoms with Crippen LogP contribution < -0.4 is 0 Å². The number of nitrogens with zero attached hydrogens (tertiary/aromatic N) is 1. The zero-order valence-electron chi connectivity index (χ0n) is 6.89. The molecule has 1 aromatic rings. The summed E-state index contributed by atoms with van der Waals surface area (Å²) in [4.78, 5) is 2.17. The SMILES string of the molecule is C/C(C#N)=C(/Cl)c1ccc(C)s1. The van der Waals surface area contributed by atoms with Crippen LogP contribution in [-0.2, 0) is 0 Å². The van der Waals surface area contributed by atoms with Crippen LogP contribution in [0.15, 0.2) is 17.7 Å². The van der Waals surface area contributed by atoms with Gasteiger partial charge in [-0.1, -0.05) is 11.6 Å². The molecule has 0 radical (unpaired) electrons. The normalized spacial score (nSPS) is 12.2. The molecule has 0 amide bonds. The highest BCUT2D eigenvalue weighted by Crippen LogP contribution is 2.28. The van der Waals surface area contributed by atoms with Gasteiger partial charge >= 0.3 is 0 Å². The second kappa shape index (κ2) is 3.75. The Morgan fingerprint density at radius 3 is 2.67 bits per heavy atom.